The van der Waals surface area contributed by atoms with Crippen LogP contribution in [0, 0.1) is 5.82 Å². The molecule has 0 spiro atoms. The highest BCUT2D eigenvalue weighted by Crippen LogP contribution is 2.55. The standard InChI is InChI=1S/C18H15BrClFO5/c1-23-9-25-16-13-12(8-11(21)15(20)14(13)19)26-18(16,17(22)24-2)10-6-4-3-5-7-10/h3-8,16H,9H2,1-2H3/t16-,18-/m0/s1. The summed E-state index contributed by atoms with van der Waals surface area (Å²) in [7, 11) is 2.70. The van der Waals surface area contributed by atoms with E-state index in [0.29, 0.717) is 11.1 Å². The molecule has 0 radical (unpaired) electrons. The molecule has 3 rings (SSSR count). The summed E-state index contributed by atoms with van der Waals surface area (Å²) in [6.07, 6.45) is -0.972. The van der Waals surface area contributed by atoms with Crippen LogP contribution in [0.5, 0.6) is 5.75 Å². The molecule has 8 heteroatoms. The predicted octanol–water partition coefficient (Wildman–Crippen LogP) is 4.36. The number of rotatable bonds is 5. The van der Waals surface area contributed by atoms with E-state index in [-0.39, 0.29) is 22.0 Å². The van der Waals surface area contributed by atoms with Crippen molar-refractivity contribution in [2.75, 3.05) is 21.0 Å². The molecule has 2 atom stereocenters. The van der Waals surface area contributed by atoms with Crippen molar-refractivity contribution in [1.29, 1.82) is 0 Å². The van der Waals surface area contributed by atoms with Crippen LogP contribution in [0.15, 0.2) is 40.9 Å². The molecule has 0 unspecified atom stereocenters. The number of hydrogen-bond donors (Lipinski definition) is 0. The summed E-state index contributed by atoms with van der Waals surface area (Å²) in [5.41, 5.74) is -0.772. The third kappa shape index (κ3) is 2.89. The van der Waals surface area contributed by atoms with Gasteiger partial charge in [0.25, 0.3) is 5.60 Å². The highest BCUT2D eigenvalue weighted by Gasteiger charge is 2.59. The molecule has 0 aliphatic carbocycles. The van der Waals surface area contributed by atoms with Gasteiger partial charge in [0, 0.05) is 28.8 Å². The first-order valence-corrected chi connectivity index (χ1v) is 8.75. The number of esters is 1. The number of ether oxygens (including phenoxy) is 4. The second kappa shape index (κ2) is 7.52. The van der Waals surface area contributed by atoms with Crippen LogP contribution < -0.4 is 4.74 Å². The monoisotopic (exact) mass is 444 g/mol. The van der Waals surface area contributed by atoms with Gasteiger partial charge >= 0.3 is 5.97 Å². The maximum Gasteiger partial charge on any atom is 0.358 e. The van der Waals surface area contributed by atoms with Gasteiger partial charge in [-0.1, -0.05) is 41.9 Å². The zero-order valence-corrected chi connectivity index (χ0v) is 16.3. The van der Waals surface area contributed by atoms with E-state index < -0.39 is 23.5 Å². The molecule has 2 aromatic rings. The highest BCUT2D eigenvalue weighted by molar-refractivity contribution is 9.10. The summed E-state index contributed by atoms with van der Waals surface area (Å²) in [6, 6.07) is 9.84. The van der Waals surface area contributed by atoms with Crippen LogP contribution in [0.1, 0.15) is 17.2 Å². The smallest absolute Gasteiger partial charge is 0.358 e. The molecule has 1 aliphatic rings. The van der Waals surface area contributed by atoms with Gasteiger partial charge in [-0.15, -0.1) is 0 Å². The van der Waals surface area contributed by atoms with Gasteiger partial charge in [0.2, 0.25) is 0 Å². The van der Waals surface area contributed by atoms with Gasteiger partial charge in [-0.25, -0.2) is 9.18 Å². The molecule has 0 amide bonds. The van der Waals surface area contributed by atoms with E-state index >= 15 is 0 Å². The lowest BCUT2D eigenvalue weighted by Gasteiger charge is -2.32. The molecular formula is C18H15BrClFO5. The van der Waals surface area contributed by atoms with Crippen LogP contribution in [0.3, 0.4) is 0 Å². The second-order valence-corrected chi connectivity index (χ2v) is 6.72. The average Bonchev–Trinajstić information content (AvgIpc) is 2.99. The van der Waals surface area contributed by atoms with Crippen LogP contribution in [0.2, 0.25) is 5.02 Å². The van der Waals surface area contributed by atoms with E-state index in [4.69, 9.17) is 30.5 Å². The fraction of sp³-hybridized carbons (Fsp3) is 0.278. The van der Waals surface area contributed by atoms with Crippen molar-refractivity contribution in [3.8, 4) is 5.75 Å². The normalized spacial score (nSPS) is 21.2. The van der Waals surface area contributed by atoms with E-state index in [0.717, 1.165) is 6.07 Å². The van der Waals surface area contributed by atoms with Crippen LogP contribution >= 0.6 is 27.5 Å². The predicted molar refractivity (Wildman–Crippen MR) is 95.6 cm³/mol. The van der Waals surface area contributed by atoms with Crippen LogP contribution in [-0.2, 0) is 24.6 Å². The van der Waals surface area contributed by atoms with Gasteiger partial charge < -0.3 is 18.9 Å². The summed E-state index contributed by atoms with van der Waals surface area (Å²) in [4.78, 5) is 12.8. The molecule has 0 N–H and O–H groups in total. The Kier molecular flexibility index (Phi) is 5.53. The lowest BCUT2D eigenvalue weighted by molar-refractivity contribution is -0.182. The lowest BCUT2D eigenvalue weighted by atomic mass is 9.86. The third-order valence-corrected chi connectivity index (χ3v) is 5.53. The Balaban J connectivity index is 2.27. The van der Waals surface area contributed by atoms with Crippen molar-refractivity contribution in [1.82, 2.24) is 0 Å². The van der Waals surface area contributed by atoms with E-state index in [9.17, 15) is 9.18 Å². The van der Waals surface area contributed by atoms with Gasteiger partial charge in [0.15, 0.2) is 0 Å². The highest BCUT2D eigenvalue weighted by atomic mass is 79.9. The molecule has 0 aromatic heterocycles. The number of hydrogen-bond acceptors (Lipinski definition) is 5. The van der Waals surface area contributed by atoms with Crippen LogP contribution in [-0.4, -0.2) is 27.0 Å². The Hall–Kier alpha value is -1.67. The van der Waals surface area contributed by atoms with Crippen LogP contribution in [0.25, 0.3) is 0 Å². The van der Waals surface area contributed by atoms with E-state index in [1.165, 1.54) is 14.2 Å². The zero-order valence-electron chi connectivity index (χ0n) is 13.9. The number of benzene rings is 2. The summed E-state index contributed by atoms with van der Waals surface area (Å²) in [5.74, 6) is -1.24. The number of carbonyl (C=O) groups excluding carboxylic acids is 1. The molecule has 5 nitrogen and oxygen atoms in total. The fourth-order valence-electron chi connectivity index (χ4n) is 3.00. The van der Waals surface area contributed by atoms with Crippen molar-refractivity contribution < 1.29 is 28.1 Å². The molecule has 1 heterocycles. The van der Waals surface area contributed by atoms with Crippen molar-refractivity contribution in [3.05, 3.63) is 62.8 Å². The summed E-state index contributed by atoms with van der Waals surface area (Å²) in [5, 5.41) is -0.132. The van der Waals surface area contributed by atoms with Gasteiger partial charge in [-0.05, 0) is 15.9 Å². The van der Waals surface area contributed by atoms with Crippen molar-refractivity contribution in [2.45, 2.75) is 11.7 Å². The maximum atomic E-state index is 14.1. The van der Waals surface area contributed by atoms with Gasteiger partial charge in [0.1, 0.15) is 24.5 Å². The quantitative estimate of drug-likeness (QED) is 0.389. The summed E-state index contributed by atoms with van der Waals surface area (Å²) in [6.45, 7) is -0.125. The molecular weight excluding hydrogens is 431 g/mol. The number of carbonyl (C=O) groups is 1. The van der Waals surface area contributed by atoms with Crippen LogP contribution in [0.4, 0.5) is 4.39 Å². The second-order valence-electron chi connectivity index (χ2n) is 5.55. The number of fused-ring (bicyclic) bond motifs is 1. The Morgan fingerprint density at radius 2 is 2.04 bits per heavy atom. The Morgan fingerprint density at radius 3 is 2.65 bits per heavy atom. The van der Waals surface area contributed by atoms with Crippen molar-refractivity contribution in [3.63, 3.8) is 0 Å². The molecule has 0 saturated carbocycles. The van der Waals surface area contributed by atoms with Crippen molar-refractivity contribution >= 4 is 33.5 Å². The molecule has 0 fully saturated rings. The largest absolute Gasteiger partial charge is 0.467 e. The maximum absolute atomic E-state index is 14.1. The Bertz CT molecular complexity index is 832. The topological polar surface area (TPSA) is 54.0 Å². The molecule has 138 valence electrons. The Labute approximate surface area is 163 Å². The molecule has 0 saturated heterocycles. The molecule has 2 aromatic carbocycles. The molecule has 0 bridgehead atoms. The zero-order chi connectivity index (χ0) is 18.9. The first-order chi connectivity index (χ1) is 12.5. The number of halogens is 3. The average molecular weight is 446 g/mol. The fourth-order valence-corrected chi connectivity index (χ4v) is 3.75. The minimum absolute atomic E-state index is 0.125. The van der Waals surface area contributed by atoms with E-state index in [2.05, 4.69) is 15.9 Å². The summed E-state index contributed by atoms with van der Waals surface area (Å²) >= 11 is 9.32. The minimum Gasteiger partial charge on any atom is -0.467 e. The van der Waals surface area contributed by atoms with Crippen molar-refractivity contribution in [2.24, 2.45) is 0 Å². The minimum atomic E-state index is -1.67. The van der Waals surface area contributed by atoms with Gasteiger partial charge in [-0.3, -0.25) is 0 Å². The SMILES string of the molecule is COCO[C@H]1c2c(cc(F)c(Cl)c2Br)O[C@@]1(C(=O)OC)c1ccccc1. The summed E-state index contributed by atoms with van der Waals surface area (Å²) < 4.78 is 36.1. The van der Waals surface area contributed by atoms with Gasteiger partial charge in [-0.2, -0.15) is 0 Å². The van der Waals surface area contributed by atoms with E-state index in [1.54, 1.807) is 30.3 Å². The van der Waals surface area contributed by atoms with E-state index in [1.807, 2.05) is 0 Å². The third-order valence-electron chi connectivity index (χ3n) is 4.11. The molecule has 26 heavy (non-hydrogen) atoms. The Morgan fingerprint density at radius 1 is 1.35 bits per heavy atom. The molecule has 1 aliphatic heterocycles. The first-order valence-electron chi connectivity index (χ1n) is 7.58. The lowest BCUT2D eigenvalue weighted by Crippen LogP contribution is -2.45. The number of methoxy groups -OCH3 is 2. The first kappa shape index (κ1) is 19.1. The van der Waals surface area contributed by atoms with Gasteiger partial charge in [0.05, 0.1) is 12.1 Å².